The summed E-state index contributed by atoms with van der Waals surface area (Å²) in [6.45, 7) is 0.0849. The van der Waals surface area contributed by atoms with Crippen molar-refractivity contribution in [1.29, 1.82) is 0 Å². The number of amides is 4. The molecule has 31 heavy (non-hydrogen) atoms. The lowest BCUT2D eigenvalue weighted by molar-refractivity contribution is -0.128. The molecule has 3 rings (SSSR count). The molecule has 0 fully saturated rings. The van der Waals surface area contributed by atoms with Gasteiger partial charge in [0.1, 0.15) is 5.75 Å². The number of hydrogen-bond donors (Lipinski definition) is 3. The number of rotatable bonds is 8. The molecule has 0 atom stereocenters. The molecular formula is C21H21BrN4O5. The van der Waals surface area contributed by atoms with Crippen molar-refractivity contribution in [3.8, 4) is 5.75 Å². The molecule has 1 heterocycles. The number of carbonyl (C=O) groups is 4. The first-order valence-corrected chi connectivity index (χ1v) is 10.3. The average molecular weight is 489 g/mol. The van der Waals surface area contributed by atoms with Crippen LogP contribution in [0, 0.1) is 0 Å². The maximum atomic E-state index is 12.4. The van der Waals surface area contributed by atoms with E-state index in [2.05, 4.69) is 32.1 Å². The molecule has 0 saturated carbocycles. The first-order valence-electron chi connectivity index (χ1n) is 9.50. The zero-order valence-corrected chi connectivity index (χ0v) is 18.3. The van der Waals surface area contributed by atoms with Crippen molar-refractivity contribution < 1.29 is 23.9 Å². The van der Waals surface area contributed by atoms with Gasteiger partial charge in [-0.25, -0.2) is 0 Å². The zero-order valence-electron chi connectivity index (χ0n) is 16.7. The lowest BCUT2D eigenvalue weighted by Gasteiger charge is -2.13. The summed E-state index contributed by atoms with van der Waals surface area (Å²) in [5, 5.41) is 2.92. The van der Waals surface area contributed by atoms with Gasteiger partial charge in [0.25, 0.3) is 17.7 Å². The van der Waals surface area contributed by atoms with Crippen LogP contribution < -0.4 is 20.9 Å². The van der Waals surface area contributed by atoms with Gasteiger partial charge in [-0.05, 0) is 48.9 Å². The molecule has 3 N–H and O–H groups in total. The van der Waals surface area contributed by atoms with Gasteiger partial charge < -0.3 is 10.1 Å². The van der Waals surface area contributed by atoms with Crippen LogP contribution in [0.3, 0.4) is 0 Å². The van der Waals surface area contributed by atoms with Crippen LogP contribution in [0.25, 0.3) is 0 Å². The lowest BCUT2D eigenvalue weighted by Crippen LogP contribution is -2.44. The second-order valence-corrected chi connectivity index (χ2v) is 7.65. The number of anilines is 1. The molecular weight excluding hydrogens is 468 g/mol. The molecule has 10 heteroatoms. The van der Waals surface area contributed by atoms with Gasteiger partial charge in [0, 0.05) is 23.1 Å². The van der Waals surface area contributed by atoms with Crippen LogP contribution in [0.4, 0.5) is 5.69 Å². The Bertz CT molecular complexity index is 1010. The Hall–Kier alpha value is -3.40. The summed E-state index contributed by atoms with van der Waals surface area (Å²) in [7, 11) is 1.57. The van der Waals surface area contributed by atoms with E-state index in [1.165, 1.54) is 0 Å². The summed E-state index contributed by atoms with van der Waals surface area (Å²) in [4.78, 5) is 49.7. The third-order valence-electron chi connectivity index (χ3n) is 4.60. The minimum atomic E-state index is -0.421. The highest BCUT2D eigenvalue weighted by Gasteiger charge is 2.35. The van der Waals surface area contributed by atoms with E-state index >= 15 is 0 Å². The van der Waals surface area contributed by atoms with E-state index in [9.17, 15) is 19.2 Å². The fourth-order valence-electron chi connectivity index (χ4n) is 3.00. The molecule has 0 bridgehead atoms. The number of nitrogens with one attached hydrogen (secondary N) is 3. The number of fused-ring (bicyclic) bond motifs is 1. The van der Waals surface area contributed by atoms with E-state index in [0.29, 0.717) is 21.3 Å². The predicted molar refractivity (Wildman–Crippen MR) is 117 cm³/mol. The Morgan fingerprint density at radius 3 is 2.35 bits per heavy atom. The molecule has 0 radical (unpaired) electrons. The highest BCUT2D eigenvalue weighted by atomic mass is 79.9. The van der Waals surface area contributed by atoms with Crippen LogP contribution in [-0.2, 0) is 9.59 Å². The Morgan fingerprint density at radius 1 is 0.968 bits per heavy atom. The third-order valence-corrected chi connectivity index (χ3v) is 5.10. The number of ether oxygens (including phenoxy) is 1. The fourth-order valence-corrected chi connectivity index (χ4v) is 3.36. The number of methoxy groups -OCH3 is 1. The van der Waals surface area contributed by atoms with E-state index in [4.69, 9.17) is 4.74 Å². The maximum absolute atomic E-state index is 12.4. The highest BCUT2D eigenvalue weighted by molar-refractivity contribution is 9.10. The van der Waals surface area contributed by atoms with Gasteiger partial charge in [-0.15, -0.1) is 0 Å². The number of imide groups is 1. The minimum Gasteiger partial charge on any atom is -0.497 e. The topological polar surface area (TPSA) is 117 Å². The van der Waals surface area contributed by atoms with E-state index in [1.807, 2.05) is 0 Å². The summed E-state index contributed by atoms with van der Waals surface area (Å²) in [5.41, 5.74) is 6.06. The van der Waals surface area contributed by atoms with Crippen LogP contribution in [0.1, 0.15) is 33.6 Å². The van der Waals surface area contributed by atoms with Gasteiger partial charge in [0.2, 0.25) is 5.91 Å². The Labute approximate surface area is 187 Å². The van der Waals surface area contributed by atoms with Gasteiger partial charge in [-0.1, -0.05) is 15.9 Å². The van der Waals surface area contributed by atoms with Crippen LogP contribution in [0.15, 0.2) is 46.9 Å². The summed E-state index contributed by atoms with van der Waals surface area (Å²) < 4.78 is 5.77. The molecule has 2 aromatic carbocycles. The quantitative estimate of drug-likeness (QED) is 0.386. The molecule has 1 aliphatic rings. The second-order valence-electron chi connectivity index (χ2n) is 6.73. The van der Waals surface area contributed by atoms with E-state index in [0.717, 1.165) is 10.6 Å². The highest BCUT2D eigenvalue weighted by Crippen LogP contribution is 2.26. The van der Waals surface area contributed by atoms with Crippen molar-refractivity contribution in [2.24, 2.45) is 0 Å². The van der Waals surface area contributed by atoms with Gasteiger partial charge in [0.15, 0.2) is 0 Å². The van der Waals surface area contributed by atoms with Crippen molar-refractivity contribution in [3.05, 3.63) is 58.1 Å². The molecule has 0 aromatic heterocycles. The summed E-state index contributed by atoms with van der Waals surface area (Å²) >= 11 is 3.28. The minimum absolute atomic E-state index is 0.0305. The van der Waals surface area contributed by atoms with Crippen molar-refractivity contribution in [2.75, 3.05) is 25.5 Å². The third kappa shape index (κ3) is 5.60. The molecule has 0 unspecified atom stereocenters. The van der Waals surface area contributed by atoms with Gasteiger partial charge in [-0.2, -0.15) is 0 Å². The molecule has 0 saturated heterocycles. The number of halogens is 1. The van der Waals surface area contributed by atoms with Gasteiger partial charge in [-0.3, -0.25) is 34.9 Å². The van der Waals surface area contributed by atoms with E-state index in [-0.39, 0.29) is 37.7 Å². The van der Waals surface area contributed by atoms with Crippen molar-refractivity contribution >= 4 is 45.2 Å². The number of hydrogen-bond acceptors (Lipinski definition) is 6. The number of carbonyl (C=O) groups excluding carboxylic acids is 4. The second kappa shape index (κ2) is 10.1. The number of benzene rings is 2. The van der Waals surface area contributed by atoms with Crippen LogP contribution in [0.2, 0.25) is 0 Å². The van der Waals surface area contributed by atoms with Crippen molar-refractivity contribution in [3.63, 3.8) is 0 Å². The van der Waals surface area contributed by atoms with E-state index in [1.54, 1.807) is 49.6 Å². The number of nitrogens with zero attached hydrogens (tertiary/aromatic N) is 1. The summed E-state index contributed by atoms with van der Waals surface area (Å²) in [6.07, 6.45) is 0.321. The maximum Gasteiger partial charge on any atom is 0.261 e. The lowest BCUT2D eigenvalue weighted by atomic mass is 10.1. The average Bonchev–Trinajstić information content (AvgIpc) is 3.00. The molecule has 0 aliphatic carbocycles. The predicted octanol–water partition coefficient (Wildman–Crippen LogP) is 2.09. The zero-order chi connectivity index (χ0) is 22.4. The standard InChI is InChI=1S/C21H21BrN4O5/c1-31-15-7-5-14(6-8-15)23-12-19(28)25-24-18(27)3-2-10-26-20(29)16-9-4-13(22)11-17(16)21(26)30/h4-9,11,23H,2-3,10,12H2,1H3,(H,24,27)(H,25,28). The first-order chi connectivity index (χ1) is 14.9. The molecule has 162 valence electrons. The fraction of sp³-hybridized carbons (Fsp3) is 0.238. The summed E-state index contributed by atoms with van der Waals surface area (Å²) in [5.74, 6) is -0.881. The number of hydrazine groups is 1. The van der Waals surface area contributed by atoms with Crippen molar-refractivity contribution in [1.82, 2.24) is 15.8 Å². The molecule has 2 aromatic rings. The van der Waals surface area contributed by atoms with Crippen LogP contribution in [-0.4, -0.2) is 48.7 Å². The van der Waals surface area contributed by atoms with Crippen molar-refractivity contribution in [2.45, 2.75) is 12.8 Å². The van der Waals surface area contributed by atoms with Crippen LogP contribution >= 0.6 is 15.9 Å². The van der Waals surface area contributed by atoms with Gasteiger partial charge >= 0.3 is 0 Å². The molecule has 9 nitrogen and oxygen atoms in total. The monoisotopic (exact) mass is 488 g/mol. The van der Waals surface area contributed by atoms with Crippen LogP contribution in [0.5, 0.6) is 5.75 Å². The SMILES string of the molecule is COc1ccc(NCC(=O)NNC(=O)CCCN2C(=O)c3ccc(Br)cc3C2=O)cc1. The Balaban J connectivity index is 1.36. The normalized spacial score (nSPS) is 12.4. The smallest absolute Gasteiger partial charge is 0.261 e. The Morgan fingerprint density at radius 2 is 1.65 bits per heavy atom. The van der Waals surface area contributed by atoms with E-state index < -0.39 is 11.8 Å². The Kier molecular flexibility index (Phi) is 7.24. The molecule has 0 spiro atoms. The molecule has 1 aliphatic heterocycles. The largest absolute Gasteiger partial charge is 0.497 e. The van der Waals surface area contributed by atoms with Gasteiger partial charge in [0.05, 0.1) is 24.8 Å². The molecule has 4 amide bonds. The first kappa shape index (κ1) is 22.3. The summed E-state index contributed by atoms with van der Waals surface area (Å²) in [6, 6.07) is 12.0.